The molecule has 0 fully saturated rings. The fourth-order valence-corrected chi connectivity index (χ4v) is 2.07. The monoisotopic (exact) mass is 248 g/mol. The van der Waals surface area contributed by atoms with Crippen molar-refractivity contribution < 1.29 is 0 Å². The first-order valence-electron chi connectivity index (χ1n) is 4.07. The van der Waals surface area contributed by atoms with E-state index in [1.54, 1.807) is 0 Å². The van der Waals surface area contributed by atoms with Crippen LogP contribution in [0.3, 0.4) is 0 Å². The van der Waals surface area contributed by atoms with E-state index in [2.05, 4.69) is 39.3 Å². The predicted molar refractivity (Wildman–Crippen MR) is 57.4 cm³/mol. The number of aryl methyl sites for hydroxylation is 1. The highest BCUT2D eigenvalue weighted by Crippen LogP contribution is 2.15. The standard InChI is InChI=1S/C8H13BrN2S/c1-3-11-5-7(9)10-8(11)6-12-4-2/h5H,3-4,6H2,1-2H3. The zero-order valence-electron chi connectivity index (χ0n) is 7.38. The van der Waals surface area contributed by atoms with Crippen LogP contribution in [0.2, 0.25) is 0 Å². The zero-order valence-corrected chi connectivity index (χ0v) is 9.78. The number of hydrogen-bond acceptors (Lipinski definition) is 2. The van der Waals surface area contributed by atoms with Gasteiger partial charge < -0.3 is 4.57 Å². The molecular weight excluding hydrogens is 236 g/mol. The van der Waals surface area contributed by atoms with Crippen LogP contribution in [0.15, 0.2) is 10.8 Å². The number of halogens is 1. The normalized spacial score (nSPS) is 10.6. The van der Waals surface area contributed by atoms with Crippen LogP contribution in [0, 0.1) is 0 Å². The molecule has 0 aliphatic carbocycles. The van der Waals surface area contributed by atoms with E-state index in [1.165, 1.54) is 0 Å². The summed E-state index contributed by atoms with van der Waals surface area (Å²) in [5.74, 6) is 3.32. The maximum Gasteiger partial charge on any atom is 0.124 e. The topological polar surface area (TPSA) is 17.8 Å². The molecule has 2 nitrogen and oxygen atoms in total. The molecule has 0 aliphatic heterocycles. The molecule has 68 valence electrons. The van der Waals surface area contributed by atoms with Gasteiger partial charge in [-0.05, 0) is 28.6 Å². The molecule has 0 N–H and O–H groups in total. The van der Waals surface area contributed by atoms with Crippen molar-refractivity contribution in [2.45, 2.75) is 26.1 Å². The molecule has 1 aromatic rings. The average Bonchev–Trinajstić information content (AvgIpc) is 2.42. The number of aromatic nitrogens is 2. The van der Waals surface area contributed by atoms with Crippen molar-refractivity contribution in [1.29, 1.82) is 0 Å². The van der Waals surface area contributed by atoms with Gasteiger partial charge in [0.05, 0.1) is 5.75 Å². The van der Waals surface area contributed by atoms with Crippen molar-refractivity contribution in [2.24, 2.45) is 0 Å². The van der Waals surface area contributed by atoms with Crippen molar-refractivity contribution in [1.82, 2.24) is 9.55 Å². The van der Waals surface area contributed by atoms with Crippen molar-refractivity contribution in [3.8, 4) is 0 Å². The highest BCUT2D eigenvalue weighted by molar-refractivity contribution is 9.10. The van der Waals surface area contributed by atoms with Gasteiger partial charge in [-0.1, -0.05) is 6.92 Å². The predicted octanol–water partition coefficient (Wildman–Crippen LogP) is 2.92. The molecule has 0 bridgehead atoms. The van der Waals surface area contributed by atoms with E-state index in [9.17, 15) is 0 Å². The maximum absolute atomic E-state index is 4.38. The van der Waals surface area contributed by atoms with Crippen molar-refractivity contribution >= 4 is 27.7 Å². The molecule has 1 aromatic heterocycles. The number of rotatable bonds is 4. The van der Waals surface area contributed by atoms with Gasteiger partial charge in [-0.15, -0.1) is 0 Å². The molecule has 0 spiro atoms. The lowest BCUT2D eigenvalue weighted by Crippen LogP contribution is -1.98. The number of thioether (sulfide) groups is 1. The number of imidazole rings is 1. The third-order valence-electron chi connectivity index (χ3n) is 1.61. The van der Waals surface area contributed by atoms with Crippen LogP contribution in [0.1, 0.15) is 19.7 Å². The SMILES string of the molecule is CCSCc1nc(Br)cn1CC. The highest BCUT2D eigenvalue weighted by atomic mass is 79.9. The van der Waals surface area contributed by atoms with Gasteiger partial charge in [0, 0.05) is 12.7 Å². The van der Waals surface area contributed by atoms with Crippen LogP contribution in [0.4, 0.5) is 0 Å². The first kappa shape index (κ1) is 10.1. The lowest BCUT2D eigenvalue weighted by atomic mass is 10.6. The molecule has 0 radical (unpaired) electrons. The molecule has 0 atom stereocenters. The molecule has 0 unspecified atom stereocenters. The Kier molecular flexibility index (Phi) is 4.15. The molecule has 0 amide bonds. The van der Waals surface area contributed by atoms with Gasteiger partial charge in [0.25, 0.3) is 0 Å². The van der Waals surface area contributed by atoms with E-state index in [-0.39, 0.29) is 0 Å². The van der Waals surface area contributed by atoms with Crippen LogP contribution in [-0.2, 0) is 12.3 Å². The van der Waals surface area contributed by atoms with Gasteiger partial charge in [-0.25, -0.2) is 4.98 Å². The second kappa shape index (κ2) is 4.92. The van der Waals surface area contributed by atoms with E-state index < -0.39 is 0 Å². The quantitative estimate of drug-likeness (QED) is 0.816. The van der Waals surface area contributed by atoms with E-state index in [4.69, 9.17) is 0 Å². The van der Waals surface area contributed by atoms with E-state index >= 15 is 0 Å². The second-order valence-electron chi connectivity index (χ2n) is 2.40. The second-order valence-corrected chi connectivity index (χ2v) is 4.49. The van der Waals surface area contributed by atoms with Gasteiger partial charge >= 0.3 is 0 Å². The Hall–Kier alpha value is 0.0400. The summed E-state index contributed by atoms with van der Waals surface area (Å²) >= 11 is 5.27. The summed E-state index contributed by atoms with van der Waals surface area (Å²) in [6, 6.07) is 0. The maximum atomic E-state index is 4.38. The Morgan fingerprint density at radius 3 is 2.92 bits per heavy atom. The fraction of sp³-hybridized carbons (Fsp3) is 0.625. The lowest BCUT2D eigenvalue weighted by molar-refractivity contribution is 0.725. The molecule has 1 rings (SSSR count). The molecule has 0 saturated heterocycles. The molecule has 0 saturated carbocycles. The number of hydrogen-bond donors (Lipinski definition) is 0. The van der Waals surface area contributed by atoms with Gasteiger partial charge in [-0.2, -0.15) is 11.8 Å². The van der Waals surface area contributed by atoms with Crippen LogP contribution in [0.5, 0.6) is 0 Å². The van der Waals surface area contributed by atoms with Gasteiger partial charge in [0.2, 0.25) is 0 Å². The smallest absolute Gasteiger partial charge is 0.124 e. The summed E-state index contributed by atoms with van der Waals surface area (Å²) in [7, 11) is 0. The summed E-state index contributed by atoms with van der Waals surface area (Å²) in [4.78, 5) is 4.38. The summed E-state index contributed by atoms with van der Waals surface area (Å²) in [5.41, 5.74) is 0. The molecule has 0 aliphatic rings. The van der Waals surface area contributed by atoms with Crippen molar-refractivity contribution in [3.05, 3.63) is 16.6 Å². The number of nitrogens with zero attached hydrogens (tertiary/aromatic N) is 2. The Morgan fingerprint density at radius 2 is 2.33 bits per heavy atom. The van der Waals surface area contributed by atoms with Gasteiger partial charge in [0.1, 0.15) is 10.4 Å². The summed E-state index contributed by atoms with van der Waals surface area (Å²) in [6.07, 6.45) is 2.03. The Labute approximate surface area is 85.9 Å². The molecule has 12 heavy (non-hydrogen) atoms. The Balaban J connectivity index is 2.68. The molecule has 0 aromatic carbocycles. The van der Waals surface area contributed by atoms with E-state index in [1.807, 2.05) is 18.0 Å². The fourth-order valence-electron chi connectivity index (χ4n) is 1.00. The van der Waals surface area contributed by atoms with E-state index in [0.29, 0.717) is 0 Å². The third kappa shape index (κ3) is 2.52. The van der Waals surface area contributed by atoms with Crippen molar-refractivity contribution in [3.63, 3.8) is 0 Å². The third-order valence-corrected chi connectivity index (χ3v) is 2.86. The average molecular weight is 249 g/mol. The van der Waals surface area contributed by atoms with Gasteiger partial charge in [-0.3, -0.25) is 0 Å². The highest BCUT2D eigenvalue weighted by Gasteiger charge is 2.03. The molecular formula is C8H13BrN2S. The van der Waals surface area contributed by atoms with Crippen LogP contribution in [-0.4, -0.2) is 15.3 Å². The first-order chi connectivity index (χ1) is 5.77. The zero-order chi connectivity index (χ0) is 8.97. The van der Waals surface area contributed by atoms with Crippen molar-refractivity contribution in [2.75, 3.05) is 5.75 Å². The minimum atomic E-state index is 0.941. The Morgan fingerprint density at radius 1 is 1.58 bits per heavy atom. The Bertz CT molecular complexity index is 247. The summed E-state index contributed by atoms with van der Waals surface area (Å²) in [5, 5.41) is 0. The summed E-state index contributed by atoms with van der Waals surface area (Å²) < 4.78 is 3.11. The minimum Gasteiger partial charge on any atom is -0.333 e. The van der Waals surface area contributed by atoms with Gasteiger partial charge in [0.15, 0.2) is 0 Å². The summed E-state index contributed by atoms with van der Waals surface area (Å²) in [6.45, 7) is 5.30. The first-order valence-corrected chi connectivity index (χ1v) is 6.02. The van der Waals surface area contributed by atoms with Crippen LogP contribution >= 0.6 is 27.7 Å². The van der Waals surface area contributed by atoms with E-state index in [0.717, 1.165) is 28.5 Å². The van der Waals surface area contributed by atoms with Crippen LogP contribution in [0.25, 0.3) is 0 Å². The largest absolute Gasteiger partial charge is 0.333 e. The molecule has 1 heterocycles. The lowest BCUT2D eigenvalue weighted by Gasteiger charge is -2.01. The van der Waals surface area contributed by atoms with Crippen LogP contribution < -0.4 is 0 Å². The molecule has 4 heteroatoms. The minimum absolute atomic E-state index is 0.941.